The summed E-state index contributed by atoms with van der Waals surface area (Å²) in [5.41, 5.74) is -0.714. The Bertz CT molecular complexity index is 513. The van der Waals surface area contributed by atoms with Crippen molar-refractivity contribution < 1.29 is 14.6 Å². The summed E-state index contributed by atoms with van der Waals surface area (Å²) in [7, 11) is 0. The van der Waals surface area contributed by atoms with E-state index in [0.717, 1.165) is 24.8 Å². The third-order valence-corrected chi connectivity index (χ3v) is 4.71. The van der Waals surface area contributed by atoms with Gasteiger partial charge >= 0.3 is 0 Å². The van der Waals surface area contributed by atoms with Gasteiger partial charge in [0.05, 0.1) is 0 Å². The second-order valence-electron chi connectivity index (χ2n) is 7.75. The van der Waals surface area contributed by atoms with Gasteiger partial charge in [0, 0.05) is 11.8 Å². The van der Waals surface area contributed by atoms with Crippen LogP contribution in [0.25, 0.3) is 0 Å². The highest BCUT2D eigenvalue weighted by Crippen LogP contribution is 2.44. The molecule has 122 valence electrons. The van der Waals surface area contributed by atoms with Crippen molar-refractivity contribution in [1.29, 1.82) is 0 Å². The summed E-state index contributed by atoms with van der Waals surface area (Å²) < 4.78 is 0. The van der Waals surface area contributed by atoms with Gasteiger partial charge in [0.25, 0.3) is 0 Å². The largest absolute Gasteiger partial charge is 0.296 e. The monoisotopic (exact) mass is 304 g/mol. The summed E-state index contributed by atoms with van der Waals surface area (Å²) in [4.78, 5) is 24.4. The molecule has 0 aliphatic heterocycles. The van der Waals surface area contributed by atoms with E-state index in [1.165, 1.54) is 0 Å². The number of ketones is 1. The van der Waals surface area contributed by atoms with Gasteiger partial charge in [0.1, 0.15) is 5.60 Å². The lowest BCUT2D eigenvalue weighted by Crippen LogP contribution is -2.54. The zero-order valence-corrected chi connectivity index (χ0v) is 14.4. The van der Waals surface area contributed by atoms with Crippen LogP contribution >= 0.6 is 0 Å². The molecular weight excluding hydrogens is 276 g/mol. The van der Waals surface area contributed by atoms with E-state index in [4.69, 9.17) is 9.78 Å². The van der Waals surface area contributed by atoms with E-state index in [2.05, 4.69) is 20.8 Å². The van der Waals surface area contributed by atoms with Crippen molar-refractivity contribution in [2.75, 3.05) is 0 Å². The Morgan fingerprint density at radius 1 is 1.00 bits per heavy atom. The first-order valence-electron chi connectivity index (χ1n) is 8.15. The molecule has 3 nitrogen and oxygen atoms in total. The predicted molar refractivity (Wildman–Crippen MR) is 87.3 cm³/mol. The van der Waals surface area contributed by atoms with Gasteiger partial charge in [-0.15, -0.1) is 0 Å². The van der Waals surface area contributed by atoms with Crippen molar-refractivity contribution in [3.05, 3.63) is 35.9 Å². The maximum absolute atomic E-state index is 12.6. The lowest BCUT2D eigenvalue weighted by Gasteiger charge is -2.45. The second-order valence-corrected chi connectivity index (χ2v) is 7.75. The van der Waals surface area contributed by atoms with Crippen LogP contribution in [0.1, 0.15) is 65.9 Å². The summed E-state index contributed by atoms with van der Waals surface area (Å²) >= 11 is 0. The summed E-state index contributed by atoms with van der Waals surface area (Å²) in [6.07, 6.45) is 3.24. The van der Waals surface area contributed by atoms with Crippen LogP contribution in [0, 0.1) is 5.41 Å². The van der Waals surface area contributed by atoms with Crippen LogP contribution in [-0.2, 0) is 20.2 Å². The third kappa shape index (κ3) is 3.26. The Morgan fingerprint density at radius 3 is 2.18 bits per heavy atom. The zero-order valence-electron chi connectivity index (χ0n) is 14.4. The van der Waals surface area contributed by atoms with Crippen LogP contribution in [-0.4, -0.2) is 11.4 Å². The number of carbonyl (C=O) groups is 1. The van der Waals surface area contributed by atoms with E-state index in [-0.39, 0.29) is 11.2 Å². The SMILES string of the molecule is CC(C)(OOC1(C(C)(C)C)CCCCC1=O)c1ccccc1. The lowest BCUT2D eigenvalue weighted by atomic mass is 9.67. The Morgan fingerprint density at radius 2 is 1.64 bits per heavy atom. The molecule has 0 N–H and O–H groups in total. The fraction of sp³-hybridized carbons (Fsp3) is 0.632. The molecule has 1 aliphatic rings. The van der Waals surface area contributed by atoms with Gasteiger partial charge in [-0.05, 0) is 38.7 Å². The van der Waals surface area contributed by atoms with Crippen LogP contribution in [0.3, 0.4) is 0 Å². The summed E-state index contributed by atoms with van der Waals surface area (Å²) in [5.74, 6) is 0.162. The first kappa shape index (κ1) is 17.2. The van der Waals surface area contributed by atoms with Gasteiger partial charge < -0.3 is 0 Å². The number of hydrogen-bond donors (Lipinski definition) is 0. The van der Waals surface area contributed by atoms with Crippen LogP contribution in [0.15, 0.2) is 30.3 Å². The molecule has 22 heavy (non-hydrogen) atoms. The third-order valence-electron chi connectivity index (χ3n) is 4.71. The standard InChI is InChI=1S/C19H28O3/c1-17(2,3)19(14-10-9-13-16(19)20)22-21-18(4,5)15-11-7-6-8-12-15/h6-8,11-12H,9-10,13-14H2,1-5H3. The fourth-order valence-electron chi connectivity index (χ4n) is 3.07. The molecule has 1 fully saturated rings. The molecule has 0 saturated heterocycles. The van der Waals surface area contributed by atoms with Crippen molar-refractivity contribution in [2.24, 2.45) is 5.41 Å². The van der Waals surface area contributed by atoms with E-state index >= 15 is 0 Å². The molecule has 0 aromatic heterocycles. The molecule has 1 saturated carbocycles. The molecule has 0 heterocycles. The Kier molecular flexibility index (Phi) is 4.78. The van der Waals surface area contributed by atoms with Crippen LogP contribution in [0.4, 0.5) is 0 Å². The van der Waals surface area contributed by atoms with Crippen LogP contribution in [0.5, 0.6) is 0 Å². The predicted octanol–water partition coefficient (Wildman–Crippen LogP) is 4.80. The van der Waals surface area contributed by atoms with Gasteiger partial charge in [0.15, 0.2) is 11.4 Å². The second kappa shape index (κ2) is 6.13. The summed E-state index contributed by atoms with van der Waals surface area (Å²) in [6.45, 7) is 10.1. The lowest BCUT2D eigenvalue weighted by molar-refractivity contribution is -0.419. The minimum Gasteiger partial charge on any atom is -0.296 e. The van der Waals surface area contributed by atoms with Crippen molar-refractivity contribution in [2.45, 2.75) is 71.5 Å². The van der Waals surface area contributed by atoms with Gasteiger partial charge in [0.2, 0.25) is 0 Å². The highest BCUT2D eigenvalue weighted by molar-refractivity contribution is 5.88. The zero-order chi connectivity index (χ0) is 16.4. The molecule has 1 unspecified atom stereocenters. The Labute approximate surface area is 133 Å². The number of benzene rings is 1. The molecule has 1 aromatic rings. The van der Waals surface area contributed by atoms with Gasteiger partial charge in [-0.1, -0.05) is 51.1 Å². The molecule has 1 aromatic carbocycles. The highest BCUT2D eigenvalue weighted by Gasteiger charge is 2.52. The summed E-state index contributed by atoms with van der Waals surface area (Å²) in [5, 5.41) is 0. The normalized spacial score (nSPS) is 23.6. The number of carbonyl (C=O) groups excluding carboxylic acids is 1. The average Bonchev–Trinajstić information content (AvgIpc) is 2.46. The molecule has 2 rings (SSSR count). The van der Waals surface area contributed by atoms with Crippen molar-refractivity contribution in [3.8, 4) is 0 Å². The highest BCUT2D eigenvalue weighted by atomic mass is 17.2. The fourth-order valence-corrected chi connectivity index (χ4v) is 3.07. The van der Waals surface area contributed by atoms with Crippen LogP contribution < -0.4 is 0 Å². The molecule has 3 heteroatoms. The molecular formula is C19H28O3. The molecule has 1 aliphatic carbocycles. The minimum atomic E-state index is -0.850. The quantitative estimate of drug-likeness (QED) is 0.592. The van der Waals surface area contributed by atoms with E-state index in [1.807, 2.05) is 44.2 Å². The topological polar surface area (TPSA) is 35.5 Å². The Balaban J connectivity index is 2.21. The minimum absolute atomic E-state index is 0.162. The van der Waals surface area contributed by atoms with Crippen LogP contribution in [0.2, 0.25) is 0 Å². The maximum Gasteiger partial charge on any atom is 0.168 e. The molecule has 1 atom stereocenters. The van der Waals surface area contributed by atoms with Gasteiger partial charge in [-0.25, -0.2) is 9.78 Å². The molecule has 0 spiro atoms. The van der Waals surface area contributed by atoms with E-state index in [1.54, 1.807) is 0 Å². The smallest absolute Gasteiger partial charge is 0.168 e. The van der Waals surface area contributed by atoms with Crippen molar-refractivity contribution >= 4 is 5.78 Å². The Hall–Kier alpha value is -1.19. The molecule has 0 radical (unpaired) electrons. The van der Waals surface area contributed by atoms with E-state index in [0.29, 0.717) is 6.42 Å². The molecule has 0 amide bonds. The first-order valence-corrected chi connectivity index (χ1v) is 8.15. The maximum atomic E-state index is 12.6. The molecule has 0 bridgehead atoms. The number of rotatable bonds is 4. The van der Waals surface area contributed by atoms with Gasteiger partial charge in [-0.2, -0.15) is 0 Å². The average molecular weight is 304 g/mol. The van der Waals surface area contributed by atoms with Crippen molar-refractivity contribution in [3.63, 3.8) is 0 Å². The number of Topliss-reactive ketones (excluding diaryl/α,β-unsaturated/α-hetero) is 1. The van der Waals surface area contributed by atoms with E-state index in [9.17, 15) is 4.79 Å². The summed E-state index contributed by atoms with van der Waals surface area (Å²) in [6, 6.07) is 9.95. The number of hydrogen-bond acceptors (Lipinski definition) is 3. The van der Waals surface area contributed by atoms with E-state index < -0.39 is 11.2 Å². The first-order chi connectivity index (χ1) is 10.2. The van der Waals surface area contributed by atoms with Gasteiger partial charge in [-0.3, -0.25) is 4.79 Å². The van der Waals surface area contributed by atoms with Crippen molar-refractivity contribution in [1.82, 2.24) is 0 Å².